The number of carbonyl (C=O) groups excluding carboxylic acids is 1. The van der Waals surface area contributed by atoms with Crippen molar-refractivity contribution in [2.45, 2.75) is 33.7 Å². The van der Waals surface area contributed by atoms with Gasteiger partial charge in [0.05, 0.1) is 5.92 Å². The summed E-state index contributed by atoms with van der Waals surface area (Å²) in [7, 11) is 0. The summed E-state index contributed by atoms with van der Waals surface area (Å²) in [5, 5.41) is 9.10. The zero-order valence-electron chi connectivity index (χ0n) is 17.1. The Bertz CT molecular complexity index is 908. The van der Waals surface area contributed by atoms with Crippen molar-refractivity contribution in [3.05, 3.63) is 58.7 Å². The van der Waals surface area contributed by atoms with Crippen LogP contribution in [-0.2, 0) is 16.1 Å². The number of carboxylic acid groups (broad SMARTS) is 1. The van der Waals surface area contributed by atoms with E-state index in [0.717, 1.165) is 22.4 Å². The van der Waals surface area contributed by atoms with Crippen molar-refractivity contribution in [1.82, 2.24) is 4.90 Å². The lowest BCUT2D eigenvalue weighted by Crippen LogP contribution is -2.25. The summed E-state index contributed by atoms with van der Waals surface area (Å²) >= 11 is 0. The highest BCUT2D eigenvalue weighted by Crippen LogP contribution is 2.26. The van der Waals surface area contributed by atoms with E-state index in [1.807, 2.05) is 31.2 Å². The van der Waals surface area contributed by atoms with E-state index in [1.54, 1.807) is 4.90 Å². The van der Waals surface area contributed by atoms with E-state index < -0.39 is 11.9 Å². The maximum absolute atomic E-state index is 12.0. The summed E-state index contributed by atoms with van der Waals surface area (Å²) in [6, 6.07) is 11.7. The molecule has 0 aliphatic carbocycles. The van der Waals surface area contributed by atoms with Gasteiger partial charge in [-0.05, 0) is 55.2 Å². The number of rotatable bonds is 8. The molecule has 1 N–H and O–H groups in total. The Morgan fingerprint density at radius 3 is 2.55 bits per heavy atom. The Balaban J connectivity index is 1.52. The predicted octanol–water partition coefficient (Wildman–Crippen LogP) is 3.50. The third kappa shape index (κ3) is 5.08. The van der Waals surface area contributed by atoms with Gasteiger partial charge in [-0.15, -0.1) is 0 Å². The van der Waals surface area contributed by atoms with Gasteiger partial charge in [0.15, 0.2) is 0 Å². The summed E-state index contributed by atoms with van der Waals surface area (Å²) < 4.78 is 11.7. The number of hydrogen-bond acceptors (Lipinski definition) is 4. The first-order valence-corrected chi connectivity index (χ1v) is 9.77. The Kier molecular flexibility index (Phi) is 6.42. The molecule has 1 heterocycles. The van der Waals surface area contributed by atoms with E-state index in [2.05, 4.69) is 26.0 Å². The molecule has 0 aromatic heterocycles. The van der Waals surface area contributed by atoms with Crippen LogP contribution in [0.25, 0.3) is 0 Å². The minimum Gasteiger partial charge on any atom is -0.490 e. The molecule has 6 heteroatoms. The number of aliphatic carboxylic acids is 1. The van der Waals surface area contributed by atoms with Crippen molar-refractivity contribution in [2.24, 2.45) is 5.92 Å². The lowest BCUT2D eigenvalue weighted by molar-refractivity contribution is -0.141. The van der Waals surface area contributed by atoms with Crippen molar-refractivity contribution in [3.63, 3.8) is 0 Å². The first-order valence-electron chi connectivity index (χ1n) is 9.77. The number of carbonyl (C=O) groups is 2. The first-order chi connectivity index (χ1) is 13.8. The number of ether oxygens (including phenoxy) is 2. The van der Waals surface area contributed by atoms with Crippen molar-refractivity contribution in [1.29, 1.82) is 0 Å². The normalized spacial score (nSPS) is 16.2. The van der Waals surface area contributed by atoms with Crippen LogP contribution in [0.3, 0.4) is 0 Å². The van der Waals surface area contributed by atoms with E-state index in [9.17, 15) is 9.59 Å². The summed E-state index contributed by atoms with van der Waals surface area (Å²) in [6.07, 6.45) is 0.0701. The second-order valence-electron chi connectivity index (χ2n) is 7.51. The number of benzene rings is 2. The van der Waals surface area contributed by atoms with Crippen molar-refractivity contribution < 1.29 is 24.2 Å². The second-order valence-corrected chi connectivity index (χ2v) is 7.51. The zero-order chi connectivity index (χ0) is 21.0. The zero-order valence-corrected chi connectivity index (χ0v) is 17.1. The molecule has 1 aliphatic rings. The SMILES string of the molecule is Cc1ccc(C)c(OCCOc2cccc(CN3CC(C(=O)O)CC3=O)c2)c1C. The van der Waals surface area contributed by atoms with Crippen LogP contribution >= 0.6 is 0 Å². The van der Waals surface area contributed by atoms with Gasteiger partial charge in [-0.3, -0.25) is 9.59 Å². The van der Waals surface area contributed by atoms with Crippen molar-refractivity contribution in [2.75, 3.05) is 19.8 Å². The highest BCUT2D eigenvalue weighted by atomic mass is 16.5. The fraction of sp³-hybridized carbons (Fsp3) is 0.391. The molecule has 29 heavy (non-hydrogen) atoms. The highest BCUT2D eigenvalue weighted by molar-refractivity contribution is 5.86. The lowest BCUT2D eigenvalue weighted by Gasteiger charge is -2.17. The number of amides is 1. The monoisotopic (exact) mass is 397 g/mol. The van der Waals surface area contributed by atoms with Crippen molar-refractivity contribution in [3.8, 4) is 11.5 Å². The number of carboxylic acids is 1. The summed E-state index contributed by atoms with van der Waals surface area (Å²) in [5.74, 6) is -0.0567. The third-order valence-electron chi connectivity index (χ3n) is 5.31. The molecule has 0 radical (unpaired) electrons. The molecule has 1 unspecified atom stereocenters. The molecule has 1 saturated heterocycles. The second kappa shape index (κ2) is 8.99. The summed E-state index contributed by atoms with van der Waals surface area (Å²) in [5.41, 5.74) is 4.35. The minimum atomic E-state index is -0.919. The maximum atomic E-state index is 12.0. The fourth-order valence-electron chi connectivity index (χ4n) is 3.50. The smallest absolute Gasteiger partial charge is 0.308 e. The molecule has 3 rings (SSSR count). The molecular formula is C23H27NO5. The summed E-state index contributed by atoms with van der Waals surface area (Å²) in [6.45, 7) is 7.62. The number of nitrogens with zero attached hydrogens (tertiary/aromatic N) is 1. The van der Waals surface area contributed by atoms with E-state index in [1.165, 1.54) is 5.56 Å². The number of aryl methyl sites for hydroxylation is 2. The van der Waals surface area contributed by atoms with Gasteiger partial charge in [-0.2, -0.15) is 0 Å². The van der Waals surface area contributed by atoms with Crippen LogP contribution in [-0.4, -0.2) is 41.6 Å². The van der Waals surface area contributed by atoms with Crippen LogP contribution < -0.4 is 9.47 Å². The van der Waals surface area contributed by atoms with E-state index in [4.69, 9.17) is 14.6 Å². The Labute approximate surface area is 171 Å². The van der Waals surface area contributed by atoms with Crippen LogP contribution in [0.4, 0.5) is 0 Å². The molecule has 0 saturated carbocycles. The predicted molar refractivity (Wildman–Crippen MR) is 109 cm³/mol. The van der Waals surface area contributed by atoms with Gasteiger partial charge in [-0.25, -0.2) is 0 Å². The van der Waals surface area contributed by atoms with Crippen molar-refractivity contribution >= 4 is 11.9 Å². The Morgan fingerprint density at radius 2 is 1.83 bits per heavy atom. The molecular weight excluding hydrogens is 370 g/mol. The molecule has 1 atom stereocenters. The average Bonchev–Trinajstić information content (AvgIpc) is 3.05. The minimum absolute atomic E-state index is 0.0701. The van der Waals surface area contributed by atoms with Crippen LogP contribution in [0.15, 0.2) is 36.4 Å². The molecule has 1 amide bonds. The summed E-state index contributed by atoms with van der Waals surface area (Å²) in [4.78, 5) is 24.7. The average molecular weight is 397 g/mol. The molecule has 1 fully saturated rings. The van der Waals surface area contributed by atoms with Crippen LogP contribution in [0.1, 0.15) is 28.7 Å². The van der Waals surface area contributed by atoms with E-state index >= 15 is 0 Å². The van der Waals surface area contributed by atoms with E-state index in [0.29, 0.717) is 25.5 Å². The van der Waals surface area contributed by atoms with Crippen LogP contribution in [0.5, 0.6) is 11.5 Å². The Morgan fingerprint density at radius 1 is 1.10 bits per heavy atom. The molecule has 2 aromatic carbocycles. The molecule has 6 nitrogen and oxygen atoms in total. The van der Waals surface area contributed by atoms with Crippen LogP contribution in [0.2, 0.25) is 0 Å². The number of likely N-dealkylation sites (tertiary alicyclic amines) is 1. The lowest BCUT2D eigenvalue weighted by atomic mass is 10.1. The van der Waals surface area contributed by atoms with Gasteiger partial charge < -0.3 is 19.5 Å². The van der Waals surface area contributed by atoms with Gasteiger partial charge in [0.25, 0.3) is 0 Å². The molecule has 0 spiro atoms. The first kappa shape index (κ1) is 20.7. The number of hydrogen-bond donors (Lipinski definition) is 1. The molecule has 1 aliphatic heterocycles. The van der Waals surface area contributed by atoms with Gasteiger partial charge in [0, 0.05) is 19.5 Å². The topological polar surface area (TPSA) is 76.1 Å². The van der Waals surface area contributed by atoms with Gasteiger partial charge in [0.2, 0.25) is 5.91 Å². The van der Waals surface area contributed by atoms with Gasteiger partial charge in [0.1, 0.15) is 24.7 Å². The van der Waals surface area contributed by atoms with Gasteiger partial charge in [-0.1, -0.05) is 24.3 Å². The largest absolute Gasteiger partial charge is 0.490 e. The highest BCUT2D eigenvalue weighted by Gasteiger charge is 2.34. The van der Waals surface area contributed by atoms with E-state index in [-0.39, 0.29) is 18.9 Å². The fourth-order valence-corrected chi connectivity index (χ4v) is 3.50. The molecule has 2 aromatic rings. The maximum Gasteiger partial charge on any atom is 0.308 e. The third-order valence-corrected chi connectivity index (χ3v) is 5.31. The molecule has 0 bridgehead atoms. The van der Waals surface area contributed by atoms with Gasteiger partial charge >= 0.3 is 5.97 Å². The van der Waals surface area contributed by atoms with Crippen LogP contribution in [0, 0.1) is 26.7 Å². The standard InChI is InChI=1S/C23H27NO5/c1-15-7-8-16(2)22(17(15)3)29-10-9-28-20-6-4-5-18(11-20)13-24-14-19(23(26)27)12-21(24)25/h4-8,11,19H,9-10,12-14H2,1-3H3,(H,26,27). The Hall–Kier alpha value is -3.02. The molecule has 154 valence electrons. The quantitative estimate of drug-likeness (QED) is 0.690.